The van der Waals surface area contributed by atoms with Crippen LogP contribution in [0, 0.1) is 0 Å². The Morgan fingerprint density at radius 1 is 1.17 bits per heavy atom. The second kappa shape index (κ2) is 12.4. The average Bonchev–Trinajstić information content (AvgIpc) is 2.60. The molecule has 1 heterocycles. The molecule has 0 aliphatic carbocycles. The highest BCUT2D eigenvalue weighted by Crippen LogP contribution is 2.35. The fourth-order valence-corrected chi connectivity index (χ4v) is 1.67. The maximum absolute atomic E-state index is 10.2. The van der Waals surface area contributed by atoms with Crippen LogP contribution in [0.4, 0.5) is 4.79 Å². The monoisotopic (exact) mass is 360 g/mol. The fourth-order valence-electron chi connectivity index (χ4n) is 1.36. The molecule has 134 valence electrons. The summed E-state index contributed by atoms with van der Waals surface area (Å²) in [6.07, 6.45) is 0.881. The van der Waals surface area contributed by atoms with Crippen molar-refractivity contribution in [3.63, 3.8) is 0 Å². The van der Waals surface area contributed by atoms with E-state index in [0.717, 1.165) is 12.6 Å². The smallest absolute Gasteiger partial charge is 0.438 e. The molecule has 2 aromatic rings. The number of fused-ring (bicyclic) bond motifs is 1. The SMILES string of the molecule is CN.COC(=O)OCCOP(=O)(O)O.c1ccc2ncccc2c1. The van der Waals surface area contributed by atoms with Crippen molar-refractivity contribution in [3.8, 4) is 0 Å². The summed E-state index contributed by atoms with van der Waals surface area (Å²) < 4.78 is 22.3. The first-order valence-corrected chi connectivity index (χ1v) is 8.24. The number of hydrogen-bond donors (Lipinski definition) is 3. The van der Waals surface area contributed by atoms with E-state index in [1.807, 2.05) is 30.5 Å². The van der Waals surface area contributed by atoms with Gasteiger partial charge in [0.2, 0.25) is 0 Å². The minimum atomic E-state index is -4.47. The number of nitrogens with zero attached hydrogens (tertiary/aromatic N) is 1. The van der Waals surface area contributed by atoms with Crippen molar-refractivity contribution in [3.05, 3.63) is 42.6 Å². The Labute approximate surface area is 139 Å². The van der Waals surface area contributed by atoms with Gasteiger partial charge in [0.25, 0.3) is 0 Å². The molecule has 0 saturated heterocycles. The van der Waals surface area contributed by atoms with Gasteiger partial charge in [0.15, 0.2) is 0 Å². The van der Waals surface area contributed by atoms with Gasteiger partial charge < -0.3 is 25.0 Å². The largest absolute Gasteiger partial charge is 0.508 e. The van der Waals surface area contributed by atoms with Crippen molar-refractivity contribution in [2.24, 2.45) is 5.73 Å². The molecular weight excluding hydrogens is 339 g/mol. The van der Waals surface area contributed by atoms with Gasteiger partial charge in [0.1, 0.15) is 6.61 Å². The van der Waals surface area contributed by atoms with Crippen LogP contribution < -0.4 is 5.73 Å². The van der Waals surface area contributed by atoms with Crippen LogP contribution in [0.15, 0.2) is 42.6 Å². The standard InChI is InChI=1S/C9H7N.C4H9O7P.CH5N/c1-2-6-9-8(4-1)5-3-7-10-9;1-9-4(5)10-2-3-11-12(6,7)8;1-2/h1-7H;2-3H2,1H3,(H2,6,7,8);2H2,1H3. The molecule has 0 spiro atoms. The zero-order valence-corrected chi connectivity index (χ0v) is 14.3. The van der Waals surface area contributed by atoms with Crippen LogP contribution in [0.1, 0.15) is 0 Å². The van der Waals surface area contributed by atoms with E-state index in [1.54, 1.807) is 0 Å². The van der Waals surface area contributed by atoms with Crippen LogP contribution in [0.5, 0.6) is 0 Å². The average molecular weight is 360 g/mol. The summed E-state index contributed by atoms with van der Waals surface area (Å²) in [6, 6.07) is 12.1. The molecule has 0 saturated carbocycles. The van der Waals surface area contributed by atoms with Gasteiger partial charge in [-0.05, 0) is 19.2 Å². The van der Waals surface area contributed by atoms with Crippen LogP contribution in [0.2, 0.25) is 0 Å². The second-order valence-corrected chi connectivity index (χ2v) is 5.06. The van der Waals surface area contributed by atoms with E-state index in [9.17, 15) is 9.36 Å². The van der Waals surface area contributed by atoms with Gasteiger partial charge in [-0.1, -0.05) is 24.3 Å². The van der Waals surface area contributed by atoms with Gasteiger partial charge >= 0.3 is 14.0 Å². The fraction of sp³-hybridized carbons (Fsp3) is 0.286. The maximum atomic E-state index is 10.2. The summed E-state index contributed by atoms with van der Waals surface area (Å²) in [5.74, 6) is 0. The number of phosphoric acid groups is 1. The molecule has 0 unspecified atom stereocenters. The zero-order valence-electron chi connectivity index (χ0n) is 13.4. The molecule has 0 radical (unpaired) electrons. The number of methoxy groups -OCH3 is 1. The van der Waals surface area contributed by atoms with E-state index >= 15 is 0 Å². The van der Waals surface area contributed by atoms with E-state index in [1.165, 1.54) is 12.4 Å². The number of rotatable bonds is 4. The summed E-state index contributed by atoms with van der Waals surface area (Å²) >= 11 is 0. The molecule has 0 aliphatic rings. The van der Waals surface area contributed by atoms with Gasteiger partial charge in [-0.2, -0.15) is 0 Å². The number of carbonyl (C=O) groups excluding carboxylic acids is 1. The summed E-state index contributed by atoms with van der Waals surface area (Å²) in [5, 5.41) is 1.20. The van der Waals surface area contributed by atoms with Gasteiger partial charge in [0, 0.05) is 11.6 Å². The van der Waals surface area contributed by atoms with Crippen molar-refractivity contribution in [1.29, 1.82) is 0 Å². The predicted octanol–water partition coefficient (Wildman–Crippen LogP) is 1.69. The van der Waals surface area contributed by atoms with Crippen molar-refractivity contribution in [2.45, 2.75) is 0 Å². The number of ether oxygens (including phenoxy) is 2. The summed E-state index contributed by atoms with van der Waals surface area (Å²) in [6.45, 7) is -0.642. The van der Waals surface area contributed by atoms with Crippen molar-refractivity contribution < 1.29 is 33.1 Å². The first kappa shape index (κ1) is 22.0. The molecule has 0 amide bonds. The third kappa shape index (κ3) is 10.7. The topological polar surface area (TPSA) is 141 Å². The minimum Gasteiger partial charge on any atom is -0.438 e. The molecule has 1 aromatic heterocycles. The Morgan fingerprint density at radius 3 is 2.38 bits per heavy atom. The zero-order chi connectivity index (χ0) is 18.4. The molecule has 0 fully saturated rings. The lowest BCUT2D eigenvalue weighted by Gasteiger charge is -2.04. The minimum absolute atomic E-state index is 0.266. The van der Waals surface area contributed by atoms with Crippen LogP contribution in [-0.4, -0.2) is 48.3 Å². The normalized spacial score (nSPS) is 9.88. The molecule has 24 heavy (non-hydrogen) atoms. The lowest BCUT2D eigenvalue weighted by Crippen LogP contribution is -2.09. The highest BCUT2D eigenvalue weighted by atomic mass is 31.2. The van der Waals surface area contributed by atoms with Crippen LogP contribution >= 0.6 is 7.82 Å². The molecular formula is C14H21N2O7P. The van der Waals surface area contributed by atoms with Gasteiger partial charge in [0.05, 0.1) is 19.2 Å². The maximum Gasteiger partial charge on any atom is 0.508 e. The van der Waals surface area contributed by atoms with Gasteiger partial charge in [-0.25, -0.2) is 9.36 Å². The Hall–Kier alpha value is -2.03. The van der Waals surface area contributed by atoms with Crippen molar-refractivity contribution >= 4 is 24.9 Å². The number of benzene rings is 1. The second-order valence-electron chi connectivity index (χ2n) is 3.82. The quantitative estimate of drug-likeness (QED) is 0.422. The third-order valence-corrected chi connectivity index (χ3v) is 2.76. The lowest BCUT2D eigenvalue weighted by molar-refractivity contribution is 0.0565. The highest BCUT2D eigenvalue weighted by molar-refractivity contribution is 7.46. The number of nitrogens with two attached hydrogens (primary N) is 1. The van der Waals surface area contributed by atoms with Gasteiger partial charge in [-0.3, -0.25) is 9.51 Å². The predicted molar refractivity (Wildman–Crippen MR) is 88.2 cm³/mol. The molecule has 10 heteroatoms. The molecule has 4 N–H and O–H groups in total. The number of hydrogen-bond acceptors (Lipinski definition) is 7. The van der Waals surface area contributed by atoms with Crippen LogP contribution in [-0.2, 0) is 18.6 Å². The first-order chi connectivity index (χ1) is 11.4. The van der Waals surface area contributed by atoms with E-state index in [2.05, 4.69) is 36.8 Å². The van der Waals surface area contributed by atoms with Crippen LogP contribution in [0.25, 0.3) is 10.9 Å². The first-order valence-electron chi connectivity index (χ1n) is 6.70. The lowest BCUT2D eigenvalue weighted by atomic mass is 10.2. The number of aromatic nitrogens is 1. The van der Waals surface area contributed by atoms with E-state index in [4.69, 9.17) is 9.79 Å². The Kier molecular flexibility index (Phi) is 11.4. The summed E-state index contributed by atoms with van der Waals surface area (Å²) in [5.41, 5.74) is 5.56. The summed E-state index contributed by atoms with van der Waals surface area (Å²) in [7, 11) is -1.85. The van der Waals surface area contributed by atoms with Crippen LogP contribution in [0.3, 0.4) is 0 Å². The number of phosphoric ester groups is 1. The molecule has 0 bridgehead atoms. The molecule has 9 nitrogen and oxygen atoms in total. The van der Waals surface area contributed by atoms with Crippen molar-refractivity contribution in [1.82, 2.24) is 4.98 Å². The van der Waals surface area contributed by atoms with E-state index < -0.39 is 14.0 Å². The number of pyridine rings is 1. The number of carbonyl (C=O) groups is 1. The Balaban J connectivity index is 0.000000402. The molecule has 1 aromatic carbocycles. The number of para-hydroxylation sites is 1. The highest BCUT2D eigenvalue weighted by Gasteiger charge is 2.13. The Morgan fingerprint density at radius 2 is 1.79 bits per heavy atom. The molecule has 2 rings (SSSR count). The molecule has 0 atom stereocenters. The van der Waals surface area contributed by atoms with E-state index in [0.29, 0.717) is 0 Å². The Bertz CT molecular complexity index is 582. The molecule has 0 aliphatic heterocycles. The third-order valence-electron chi connectivity index (χ3n) is 2.24. The van der Waals surface area contributed by atoms with Crippen molar-refractivity contribution in [2.75, 3.05) is 27.4 Å². The summed E-state index contributed by atoms with van der Waals surface area (Å²) in [4.78, 5) is 30.7. The van der Waals surface area contributed by atoms with Gasteiger partial charge in [-0.15, -0.1) is 0 Å². The van der Waals surface area contributed by atoms with E-state index in [-0.39, 0.29) is 13.2 Å².